The Hall–Kier alpha value is -3.10. The Morgan fingerprint density at radius 1 is 1.07 bits per heavy atom. The molecule has 3 N–H and O–H groups in total. The SMILES string of the molecule is COc1cccc(NC(=O)CCc2csc(NC(=O)Nc3cccc(Cl)c3)n2)c1. The number of halogens is 1. The first-order chi connectivity index (χ1) is 14.0. The lowest BCUT2D eigenvalue weighted by Crippen LogP contribution is -2.19. The van der Waals surface area contributed by atoms with E-state index in [1.54, 1.807) is 49.6 Å². The van der Waals surface area contributed by atoms with Crippen LogP contribution in [-0.4, -0.2) is 24.0 Å². The highest BCUT2D eigenvalue weighted by atomic mass is 35.5. The van der Waals surface area contributed by atoms with Gasteiger partial charge in [0, 0.05) is 34.3 Å². The second-order valence-electron chi connectivity index (χ2n) is 6.01. The van der Waals surface area contributed by atoms with E-state index in [2.05, 4.69) is 20.9 Å². The number of ether oxygens (including phenoxy) is 1. The fraction of sp³-hybridized carbons (Fsp3) is 0.150. The van der Waals surface area contributed by atoms with Gasteiger partial charge in [-0.15, -0.1) is 11.3 Å². The number of urea groups is 1. The average molecular weight is 431 g/mol. The highest BCUT2D eigenvalue weighted by Gasteiger charge is 2.09. The second kappa shape index (κ2) is 9.90. The van der Waals surface area contributed by atoms with Crippen molar-refractivity contribution in [1.82, 2.24) is 4.98 Å². The molecule has 3 aromatic rings. The molecule has 0 radical (unpaired) electrons. The predicted octanol–water partition coefficient (Wildman–Crippen LogP) is 5.02. The largest absolute Gasteiger partial charge is 0.497 e. The van der Waals surface area contributed by atoms with Crippen LogP contribution >= 0.6 is 22.9 Å². The number of methoxy groups -OCH3 is 1. The maximum atomic E-state index is 12.1. The van der Waals surface area contributed by atoms with E-state index in [4.69, 9.17) is 16.3 Å². The van der Waals surface area contributed by atoms with Crippen LogP contribution in [0, 0.1) is 0 Å². The molecule has 1 aromatic heterocycles. The van der Waals surface area contributed by atoms with Gasteiger partial charge < -0.3 is 15.4 Å². The molecule has 150 valence electrons. The van der Waals surface area contributed by atoms with Crippen molar-refractivity contribution in [3.05, 3.63) is 64.6 Å². The van der Waals surface area contributed by atoms with Gasteiger partial charge in [-0.25, -0.2) is 9.78 Å². The van der Waals surface area contributed by atoms with E-state index in [9.17, 15) is 9.59 Å². The first kappa shape index (κ1) is 20.6. The molecule has 0 saturated heterocycles. The molecule has 0 aliphatic rings. The molecule has 0 aliphatic carbocycles. The monoisotopic (exact) mass is 430 g/mol. The number of aryl methyl sites for hydroxylation is 1. The highest BCUT2D eigenvalue weighted by molar-refractivity contribution is 7.13. The highest BCUT2D eigenvalue weighted by Crippen LogP contribution is 2.20. The molecule has 0 unspecified atom stereocenters. The summed E-state index contributed by atoms with van der Waals surface area (Å²) in [6.07, 6.45) is 0.735. The number of carbonyl (C=O) groups is 2. The van der Waals surface area contributed by atoms with Gasteiger partial charge in [0.1, 0.15) is 5.75 Å². The molecule has 0 spiro atoms. The van der Waals surface area contributed by atoms with Gasteiger partial charge in [-0.3, -0.25) is 10.1 Å². The smallest absolute Gasteiger partial charge is 0.325 e. The van der Waals surface area contributed by atoms with Crippen molar-refractivity contribution in [2.45, 2.75) is 12.8 Å². The van der Waals surface area contributed by atoms with E-state index in [-0.39, 0.29) is 12.3 Å². The van der Waals surface area contributed by atoms with Crippen molar-refractivity contribution < 1.29 is 14.3 Å². The molecule has 2 aromatic carbocycles. The van der Waals surface area contributed by atoms with E-state index in [0.29, 0.717) is 33.7 Å². The summed E-state index contributed by atoms with van der Waals surface area (Å²) in [6.45, 7) is 0. The number of hydrogen-bond acceptors (Lipinski definition) is 5. The van der Waals surface area contributed by atoms with Crippen molar-refractivity contribution in [3.63, 3.8) is 0 Å². The van der Waals surface area contributed by atoms with Crippen molar-refractivity contribution in [1.29, 1.82) is 0 Å². The van der Waals surface area contributed by atoms with Crippen molar-refractivity contribution in [2.24, 2.45) is 0 Å². The van der Waals surface area contributed by atoms with Gasteiger partial charge in [-0.05, 0) is 36.8 Å². The fourth-order valence-electron chi connectivity index (χ4n) is 2.47. The van der Waals surface area contributed by atoms with Gasteiger partial charge in [0.2, 0.25) is 5.91 Å². The van der Waals surface area contributed by atoms with Crippen LogP contribution in [0.3, 0.4) is 0 Å². The Morgan fingerprint density at radius 3 is 2.59 bits per heavy atom. The molecule has 1 heterocycles. The summed E-state index contributed by atoms with van der Waals surface area (Å²) in [6, 6.07) is 13.6. The number of nitrogens with one attached hydrogen (secondary N) is 3. The third-order valence-corrected chi connectivity index (χ3v) is 4.86. The summed E-state index contributed by atoms with van der Waals surface area (Å²) in [7, 11) is 1.57. The molecular formula is C20H19ClN4O3S. The molecule has 0 bridgehead atoms. The molecule has 0 atom stereocenters. The number of rotatable bonds is 7. The average Bonchev–Trinajstić information content (AvgIpc) is 3.13. The van der Waals surface area contributed by atoms with E-state index < -0.39 is 6.03 Å². The number of aromatic nitrogens is 1. The number of hydrogen-bond donors (Lipinski definition) is 3. The predicted molar refractivity (Wildman–Crippen MR) is 116 cm³/mol. The number of thiazole rings is 1. The quantitative estimate of drug-likeness (QED) is 0.490. The number of benzene rings is 2. The summed E-state index contributed by atoms with van der Waals surface area (Å²) < 4.78 is 5.14. The van der Waals surface area contributed by atoms with Crippen LogP contribution in [0.5, 0.6) is 5.75 Å². The van der Waals surface area contributed by atoms with Gasteiger partial charge in [-0.2, -0.15) is 0 Å². The first-order valence-electron chi connectivity index (χ1n) is 8.74. The van der Waals surface area contributed by atoms with Crippen LogP contribution in [-0.2, 0) is 11.2 Å². The molecule has 0 fully saturated rings. The zero-order valence-corrected chi connectivity index (χ0v) is 17.1. The molecule has 0 aliphatic heterocycles. The molecule has 9 heteroatoms. The molecule has 7 nitrogen and oxygen atoms in total. The van der Waals surface area contributed by atoms with Gasteiger partial charge in [0.05, 0.1) is 12.8 Å². The summed E-state index contributed by atoms with van der Waals surface area (Å²) in [5.41, 5.74) is 1.99. The third-order valence-electron chi connectivity index (χ3n) is 3.82. The first-order valence-corrected chi connectivity index (χ1v) is 9.99. The number of nitrogens with zero attached hydrogens (tertiary/aromatic N) is 1. The molecule has 3 rings (SSSR count). The minimum Gasteiger partial charge on any atom is -0.497 e. The lowest BCUT2D eigenvalue weighted by Gasteiger charge is -2.06. The van der Waals surface area contributed by atoms with Crippen LogP contribution in [0.2, 0.25) is 5.02 Å². The van der Waals surface area contributed by atoms with Gasteiger partial charge in [0.15, 0.2) is 5.13 Å². The Morgan fingerprint density at radius 2 is 1.83 bits per heavy atom. The normalized spacial score (nSPS) is 10.3. The summed E-state index contributed by atoms with van der Waals surface area (Å²) in [5, 5.41) is 11.0. The second-order valence-corrected chi connectivity index (χ2v) is 7.31. The lowest BCUT2D eigenvalue weighted by molar-refractivity contribution is -0.116. The van der Waals surface area contributed by atoms with E-state index in [0.717, 1.165) is 5.69 Å². The molecule has 0 saturated carbocycles. The van der Waals surface area contributed by atoms with Crippen molar-refractivity contribution >= 4 is 51.4 Å². The van der Waals surface area contributed by atoms with Crippen molar-refractivity contribution in [2.75, 3.05) is 23.1 Å². The Labute approximate surface area is 177 Å². The minimum absolute atomic E-state index is 0.125. The lowest BCUT2D eigenvalue weighted by atomic mass is 10.2. The van der Waals surface area contributed by atoms with Gasteiger partial charge >= 0.3 is 6.03 Å². The number of amides is 3. The van der Waals surface area contributed by atoms with E-state index in [1.165, 1.54) is 11.3 Å². The van der Waals surface area contributed by atoms with Gasteiger partial charge in [0.25, 0.3) is 0 Å². The summed E-state index contributed by atoms with van der Waals surface area (Å²) >= 11 is 7.19. The molecule has 3 amide bonds. The molecular weight excluding hydrogens is 412 g/mol. The minimum atomic E-state index is -0.413. The van der Waals surface area contributed by atoms with Crippen molar-refractivity contribution in [3.8, 4) is 5.75 Å². The Balaban J connectivity index is 1.47. The van der Waals surface area contributed by atoms with Crippen LogP contribution < -0.4 is 20.7 Å². The zero-order chi connectivity index (χ0) is 20.6. The van der Waals surface area contributed by atoms with E-state index >= 15 is 0 Å². The number of carbonyl (C=O) groups excluding carboxylic acids is 2. The topological polar surface area (TPSA) is 92.4 Å². The van der Waals surface area contributed by atoms with Gasteiger partial charge in [-0.1, -0.05) is 23.7 Å². The van der Waals surface area contributed by atoms with Crippen LogP contribution in [0.4, 0.5) is 21.3 Å². The third kappa shape index (κ3) is 6.48. The van der Waals surface area contributed by atoms with Crippen LogP contribution in [0.1, 0.15) is 12.1 Å². The summed E-state index contributed by atoms with van der Waals surface area (Å²) in [5.74, 6) is 0.550. The van der Waals surface area contributed by atoms with Crippen LogP contribution in [0.15, 0.2) is 53.9 Å². The maximum Gasteiger partial charge on any atom is 0.325 e. The summed E-state index contributed by atoms with van der Waals surface area (Å²) in [4.78, 5) is 28.5. The fourth-order valence-corrected chi connectivity index (χ4v) is 3.40. The maximum absolute atomic E-state index is 12.1. The van der Waals surface area contributed by atoms with E-state index in [1.807, 2.05) is 11.4 Å². The van der Waals surface area contributed by atoms with Crippen LogP contribution in [0.25, 0.3) is 0 Å². The Kier molecular flexibility index (Phi) is 7.04. The number of anilines is 3. The standard InChI is InChI=1S/C20H19ClN4O3S/c1-28-17-7-3-6-15(11-17)22-18(26)9-8-16-12-29-20(24-16)25-19(27)23-14-5-2-4-13(21)10-14/h2-7,10-12H,8-9H2,1H3,(H,22,26)(H2,23,24,25,27). The molecule has 29 heavy (non-hydrogen) atoms. The zero-order valence-electron chi connectivity index (χ0n) is 15.6. The Bertz CT molecular complexity index is 1010.